The monoisotopic (exact) mass is 514 g/mol. The van der Waals surface area contributed by atoms with Crippen molar-refractivity contribution in [3.8, 4) is 11.1 Å². The van der Waals surface area contributed by atoms with Gasteiger partial charge < -0.3 is 20.1 Å². The number of carbonyl (C=O) groups is 3. The van der Waals surface area contributed by atoms with Crippen molar-refractivity contribution in [3.05, 3.63) is 95.6 Å². The highest BCUT2D eigenvalue weighted by molar-refractivity contribution is 5.87. The zero-order chi connectivity index (χ0) is 27.3. The zero-order valence-corrected chi connectivity index (χ0v) is 22.0. The van der Waals surface area contributed by atoms with Gasteiger partial charge in [-0.1, -0.05) is 99.6 Å². The van der Waals surface area contributed by atoms with E-state index in [-0.39, 0.29) is 37.9 Å². The lowest BCUT2D eigenvalue weighted by atomic mass is 9.85. The smallest absolute Gasteiger partial charge is 0.407 e. The maximum absolute atomic E-state index is 13.7. The molecule has 0 heterocycles. The molecular weight excluding hydrogens is 480 g/mol. The number of carbonyl (C=O) groups excluding carboxylic acids is 2. The van der Waals surface area contributed by atoms with Crippen LogP contribution in [0.4, 0.5) is 4.79 Å². The minimum absolute atomic E-state index is 0.0298. The molecule has 1 atom stereocenters. The molecule has 1 aliphatic carbocycles. The summed E-state index contributed by atoms with van der Waals surface area (Å²) in [6.07, 6.45) is -0.876. The summed E-state index contributed by atoms with van der Waals surface area (Å²) < 4.78 is 5.70. The van der Waals surface area contributed by atoms with Gasteiger partial charge in [-0.25, -0.2) is 4.79 Å². The predicted octanol–water partition coefficient (Wildman–Crippen LogP) is 5.44. The number of alkyl carbamates (subject to hydrolysis) is 1. The standard InChI is InChI=1S/C31H34N2O5/c1-31(2,3)28(29(36)33(18-17-27(34)35)19-21-11-5-4-6-12-21)32-30(37)38-20-26-24-15-9-7-13-22(24)23-14-8-10-16-25(23)26/h4-16,26,28H,17-20H2,1-3H3,(H,32,37)(H,34,35)/t28-/m0/s1. The quantitative estimate of drug-likeness (QED) is 0.396. The number of amides is 2. The van der Waals surface area contributed by atoms with Crippen LogP contribution in [0.1, 0.15) is 49.8 Å². The van der Waals surface area contributed by atoms with E-state index in [9.17, 15) is 19.5 Å². The number of nitrogens with zero attached hydrogens (tertiary/aromatic N) is 1. The maximum Gasteiger partial charge on any atom is 0.407 e. The summed E-state index contributed by atoms with van der Waals surface area (Å²) in [5, 5.41) is 12.0. The summed E-state index contributed by atoms with van der Waals surface area (Å²) in [5.41, 5.74) is 4.71. The van der Waals surface area contributed by atoms with Gasteiger partial charge in [-0.05, 0) is 33.2 Å². The van der Waals surface area contributed by atoms with E-state index in [1.54, 1.807) is 0 Å². The average molecular weight is 515 g/mol. The van der Waals surface area contributed by atoms with E-state index in [0.29, 0.717) is 0 Å². The summed E-state index contributed by atoms with van der Waals surface area (Å²) in [7, 11) is 0. The Hall–Kier alpha value is -4.13. The van der Waals surface area contributed by atoms with Gasteiger partial charge in [0.15, 0.2) is 0 Å². The second kappa shape index (κ2) is 11.5. The minimum atomic E-state index is -0.993. The van der Waals surface area contributed by atoms with Crippen molar-refractivity contribution in [3.63, 3.8) is 0 Å². The molecule has 4 rings (SSSR count). The van der Waals surface area contributed by atoms with Crippen LogP contribution in [0.15, 0.2) is 78.9 Å². The third-order valence-corrected chi connectivity index (χ3v) is 6.84. The molecule has 0 fully saturated rings. The highest BCUT2D eigenvalue weighted by Crippen LogP contribution is 2.44. The van der Waals surface area contributed by atoms with Gasteiger partial charge in [0.1, 0.15) is 12.6 Å². The van der Waals surface area contributed by atoms with Gasteiger partial charge in [-0.2, -0.15) is 0 Å². The molecular formula is C31H34N2O5. The summed E-state index contributed by atoms with van der Waals surface area (Å²) in [5.74, 6) is -1.44. The van der Waals surface area contributed by atoms with E-state index in [1.807, 2.05) is 87.5 Å². The number of carboxylic acid groups (broad SMARTS) is 1. The fourth-order valence-electron chi connectivity index (χ4n) is 4.89. The lowest BCUT2D eigenvalue weighted by molar-refractivity contribution is -0.140. The third-order valence-electron chi connectivity index (χ3n) is 6.84. The Morgan fingerprint density at radius 3 is 2.00 bits per heavy atom. The van der Waals surface area contributed by atoms with Crippen LogP contribution >= 0.6 is 0 Å². The fourth-order valence-corrected chi connectivity index (χ4v) is 4.89. The predicted molar refractivity (Wildman–Crippen MR) is 146 cm³/mol. The van der Waals surface area contributed by atoms with Crippen LogP contribution in [-0.2, 0) is 20.9 Å². The molecule has 0 unspecified atom stereocenters. The Morgan fingerprint density at radius 2 is 1.45 bits per heavy atom. The number of fused-ring (bicyclic) bond motifs is 3. The van der Waals surface area contributed by atoms with Gasteiger partial charge in [0, 0.05) is 19.0 Å². The molecule has 2 N–H and O–H groups in total. The number of nitrogens with one attached hydrogen (secondary N) is 1. The van der Waals surface area contributed by atoms with Gasteiger partial charge in [0.05, 0.1) is 6.42 Å². The van der Waals surface area contributed by atoms with Crippen molar-refractivity contribution in [1.29, 1.82) is 0 Å². The molecule has 0 saturated heterocycles. The Kier molecular flexibility index (Phi) is 8.15. The first-order valence-corrected chi connectivity index (χ1v) is 12.8. The first-order valence-electron chi connectivity index (χ1n) is 12.8. The van der Waals surface area contributed by atoms with Gasteiger partial charge in [0.2, 0.25) is 5.91 Å². The van der Waals surface area contributed by atoms with Crippen molar-refractivity contribution in [2.75, 3.05) is 13.2 Å². The molecule has 0 aliphatic heterocycles. The van der Waals surface area contributed by atoms with Gasteiger partial charge in [0.25, 0.3) is 0 Å². The molecule has 3 aromatic rings. The first kappa shape index (κ1) is 26.9. The highest BCUT2D eigenvalue weighted by Gasteiger charge is 2.37. The lowest BCUT2D eigenvalue weighted by Gasteiger charge is -2.34. The number of carboxylic acids is 1. The second-order valence-corrected chi connectivity index (χ2v) is 10.7. The Bertz CT molecular complexity index is 1250. The van der Waals surface area contributed by atoms with Crippen LogP contribution in [0.5, 0.6) is 0 Å². The largest absolute Gasteiger partial charge is 0.481 e. The van der Waals surface area contributed by atoms with Crippen molar-refractivity contribution in [2.24, 2.45) is 5.41 Å². The number of benzene rings is 3. The van der Waals surface area contributed by atoms with Crippen LogP contribution in [0.3, 0.4) is 0 Å². The highest BCUT2D eigenvalue weighted by atomic mass is 16.5. The van der Waals surface area contributed by atoms with Crippen molar-refractivity contribution in [1.82, 2.24) is 10.2 Å². The number of aliphatic carboxylic acids is 1. The van der Waals surface area contributed by atoms with Crippen LogP contribution in [0, 0.1) is 5.41 Å². The number of ether oxygens (including phenoxy) is 1. The molecule has 0 bridgehead atoms. The molecule has 38 heavy (non-hydrogen) atoms. The number of hydrogen-bond acceptors (Lipinski definition) is 4. The molecule has 3 aromatic carbocycles. The second-order valence-electron chi connectivity index (χ2n) is 10.7. The maximum atomic E-state index is 13.7. The van der Waals surface area contributed by atoms with E-state index in [4.69, 9.17) is 4.74 Å². The minimum Gasteiger partial charge on any atom is -0.481 e. The van der Waals surface area contributed by atoms with E-state index in [2.05, 4.69) is 17.4 Å². The average Bonchev–Trinajstić information content (AvgIpc) is 3.21. The molecule has 0 aromatic heterocycles. The topological polar surface area (TPSA) is 95.9 Å². The SMILES string of the molecule is CC(C)(C)[C@@H](NC(=O)OCC1c2ccccc2-c2ccccc21)C(=O)N(CCC(=O)O)Cc1ccccc1. The van der Waals surface area contributed by atoms with Gasteiger partial charge in [-0.15, -0.1) is 0 Å². The number of rotatable bonds is 9. The molecule has 0 radical (unpaired) electrons. The lowest BCUT2D eigenvalue weighted by Crippen LogP contribution is -2.55. The summed E-state index contributed by atoms with van der Waals surface area (Å²) in [6, 6.07) is 24.7. The van der Waals surface area contributed by atoms with E-state index in [1.165, 1.54) is 4.90 Å². The summed E-state index contributed by atoms with van der Waals surface area (Å²) >= 11 is 0. The van der Waals surface area contributed by atoms with Crippen molar-refractivity contribution in [2.45, 2.75) is 45.7 Å². The summed E-state index contributed by atoms with van der Waals surface area (Å²) in [4.78, 5) is 39.5. The molecule has 7 heteroatoms. The Morgan fingerprint density at radius 1 is 0.895 bits per heavy atom. The Labute approximate surface area is 223 Å². The summed E-state index contributed by atoms with van der Waals surface area (Å²) in [6.45, 7) is 5.98. The first-order chi connectivity index (χ1) is 18.1. The van der Waals surface area contributed by atoms with Crippen molar-refractivity contribution < 1.29 is 24.2 Å². The number of hydrogen-bond donors (Lipinski definition) is 2. The molecule has 0 spiro atoms. The van der Waals surface area contributed by atoms with E-state index >= 15 is 0 Å². The van der Waals surface area contributed by atoms with Crippen LogP contribution in [-0.4, -0.2) is 47.2 Å². The molecule has 0 saturated carbocycles. The molecule has 2 amide bonds. The molecule has 1 aliphatic rings. The molecule has 7 nitrogen and oxygen atoms in total. The van der Waals surface area contributed by atoms with Crippen LogP contribution in [0.25, 0.3) is 11.1 Å². The van der Waals surface area contributed by atoms with Crippen LogP contribution < -0.4 is 5.32 Å². The van der Waals surface area contributed by atoms with Gasteiger partial charge in [-0.3, -0.25) is 9.59 Å². The normalized spacial score (nSPS) is 13.2. The van der Waals surface area contributed by atoms with E-state index in [0.717, 1.165) is 27.8 Å². The van der Waals surface area contributed by atoms with Crippen molar-refractivity contribution >= 4 is 18.0 Å². The van der Waals surface area contributed by atoms with E-state index < -0.39 is 23.5 Å². The fraction of sp³-hybridized carbons (Fsp3) is 0.323. The zero-order valence-electron chi connectivity index (χ0n) is 22.0. The van der Waals surface area contributed by atoms with Crippen LogP contribution in [0.2, 0.25) is 0 Å². The molecule has 198 valence electrons. The third kappa shape index (κ3) is 6.22. The van der Waals surface area contributed by atoms with Gasteiger partial charge >= 0.3 is 12.1 Å². The Balaban J connectivity index is 1.48.